The lowest BCUT2D eigenvalue weighted by atomic mass is 9.98. The summed E-state index contributed by atoms with van der Waals surface area (Å²) in [4.78, 5) is 27.0. The second-order valence-corrected chi connectivity index (χ2v) is 8.31. The molecular formula is C15H28N4O5S. The zero-order valence-electron chi connectivity index (χ0n) is 14.9. The Morgan fingerprint density at radius 3 is 2.16 bits per heavy atom. The molecule has 0 bridgehead atoms. The molecule has 2 rings (SSSR count). The van der Waals surface area contributed by atoms with Gasteiger partial charge in [-0.1, -0.05) is 13.8 Å². The van der Waals surface area contributed by atoms with Gasteiger partial charge in [-0.3, -0.25) is 4.79 Å². The summed E-state index contributed by atoms with van der Waals surface area (Å²) in [5.74, 6) is -1.38. The highest BCUT2D eigenvalue weighted by atomic mass is 32.2. The molecule has 2 heterocycles. The van der Waals surface area contributed by atoms with E-state index in [0.29, 0.717) is 45.6 Å². The lowest BCUT2D eigenvalue weighted by Crippen LogP contribution is -2.57. The summed E-state index contributed by atoms with van der Waals surface area (Å²) in [6.07, 6.45) is 1.27. The minimum absolute atomic E-state index is 0.189. The van der Waals surface area contributed by atoms with E-state index in [2.05, 4.69) is 0 Å². The van der Waals surface area contributed by atoms with Gasteiger partial charge in [-0.25, -0.2) is 4.79 Å². The summed E-state index contributed by atoms with van der Waals surface area (Å²) < 4.78 is 27.9. The first-order valence-corrected chi connectivity index (χ1v) is 10.2. The molecule has 2 saturated heterocycles. The van der Waals surface area contributed by atoms with Crippen molar-refractivity contribution in [2.24, 2.45) is 5.92 Å². The van der Waals surface area contributed by atoms with Crippen molar-refractivity contribution in [3.63, 3.8) is 0 Å². The molecule has 144 valence electrons. The van der Waals surface area contributed by atoms with Crippen LogP contribution in [0.15, 0.2) is 0 Å². The van der Waals surface area contributed by atoms with E-state index in [1.54, 1.807) is 23.6 Å². The number of carbonyl (C=O) groups is 2. The van der Waals surface area contributed by atoms with Gasteiger partial charge in [0.05, 0.1) is 5.92 Å². The molecule has 2 amide bonds. The molecule has 2 aliphatic rings. The zero-order valence-corrected chi connectivity index (χ0v) is 15.7. The van der Waals surface area contributed by atoms with E-state index in [-0.39, 0.29) is 25.7 Å². The van der Waals surface area contributed by atoms with Gasteiger partial charge in [-0.05, 0) is 12.8 Å². The number of piperazine rings is 1. The number of urea groups is 1. The van der Waals surface area contributed by atoms with Crippen LogP contribution >= 0.6 is 0 Å². The number of carboxylic acids is 1. The Bertz CT molecular complexity index is 585. The van der Waals surface area contributed by atoms with E-state index in [1.807, 2.05) is 0 Å². The molecule has 0 radical (unpaired) electrons. The number of rotatable bonds is 5. The molecule has 10 heteroatoms. The maximum absolute atomic E-state index is 12.6. The van der Waals surface area contributed by atoms with Gasteiger partial charge in [0.15, 0.2) is 0 Å². The molecule has 0 spiro atoms. The van der Waals surface area contributed by atoms with Gasteiger partial charge in [-0.15, -0.1) is 0 Å². The van der Waals surface area contributed by atoms with E-state index in [4.69, 9.17) is 5.11 Å². The summed E-state index contributed by atoms with van der Waals surface area (Å²) >= 11 is 0. The van der Waals surface area contributed by atoms with Crippen molar-refractivity contribution in [2.75, 3.05) is 52.4 Å². The molecule has 0 aliphatic carbocycles. The van der Waals surface area contributed by atoms with Crippen molar-refractivity contribution < 1.29 is 23.1 Å². The summed E-state index contributed by atoms with van der Waals surface area (Å²) in [5, 5.41) is 9.14. The largest absolute Gasteiger partial charge is 0.481 e. The number of amides is 2. The van der Waals surface area contributed by atoms with Crippen LogP contribution in [0.2, 0.25) is 0 Å². The van der Waals surface area contributed by atoms with E-state index >= 15 is 0 Å². The van der Waals surface area contributed by atoms with Crippen LogP contribution in [0.1, 0.15) is 26.7 Å². The van der Waals surface area contributed by atoms with E-state index in [9.17, 15) is 18.0 Å². The second-order valence-electron chi connectivity index (χ2n) is 6.38. The van der Waals surface area contributed by atoms with E-state index < -0.39 is 22.1 Å². The second kappa shape index (κ2) is 8.33. The van der Waals surface area contributed by atoms with Crippen LogP contribution in [0.5, 0.6) is 0 Å². The van der Waals surface area contributed by atoms with Crippen LogP contribution in [0.4, 0.5) is 4.79 Å². The molecule has 0 aromatic carbocycles. The fourth-order valence-corrected chi connectivity index (χ4v) is 4.98. The standard InChI is InChI=1S/C15H28N4O5S/c1-3-18(4-2)25(23,24)19-10-8-16(9-11-19)15(22)17-7-5-6-13(12-17)14(20)21/h13H,3-12H2,1-2H3,(H,20,21). The van der Waals surface area contributed by atoms with Crippen molar-refractivity contribution >= 4 is 22.2 Å². The minimum Gasteiger partial charge on any atom is -0.481 e. The molecule has 2 aliphatic heterocycles. The van der Waals surface area contributed by atoms with Crippen molar-refractivity contribution in [1.29, 1.82) is 0 Å². The number of likely N-dealkylation sites (tertiary alicyclic amines) is 1. The number of piperidine rings is 1. The normalized spacial score (nSPS) is 23.1. The van der Waals surface area contributed by atoms with Gasteiger partial charge in [0.2, 0.25) is 0 Å². The summed E-state index contributed by atoms with van der Waals surface area (Å²) in [7, 11) is -3.48. The molecule has 1 N–H and O–H groups in total. The summed E-state index contributed by atoms with van der Waals surface area (Å²) in [6.45, 7) is 6.41. The molecule has 0 aromatic heterocycles. The number of carboxylic acid groups (broad SMARTS) is 1. The predicted octanol–water partition coefficient (Wildman–Crippen LogP) is 0.107. The monoisotopic (exact) mass is 376 g/mol. The third-order valence-electron chi connectivity index (χ3n) is 4.91. The Morgan fingerprint density at radius 1 is 1.04 bits per heavy atom. The molecule has 1 atom stereocenters. The first-order valence-electron chi connectivity index (χ1n) is 8.83. The Kier molecular flexibility index (Phi) is 6.64. The molecule has 0 aromatic rings. The first-order chi connectivity index (χ1) is 11.8. The highest BCUT2D eigenvalue weighted by Gasteiger charge is 2.35. The molecular weight excluding hydrogens is 348 g/mol. The first kappa shape index (κ1) is 19.9. The summed E-state index contributed by atoms with van der Waals surface area (Å²) in [5.41, 5.74) is 0. The number of hydrogen-bond acceptors (Lipinski definition) is 4. The molecule has 9 nitrogen and oxygen atoms in total. The predicted molar refractivity (Wildman–Crippen MR) is 92.3 cm³/mol. The Labute approximate surface area is 149 Å². The lowest BCUT2D eigenvalue weighted by molar-refractivity contribution is -0.143. The Morgan fingerprint density at radius 2 is 1.64 bits per heavy atom. The fraction of sp³-hybridized carbons (Fsp3) is 0.867. The average Bonchev–Trinajstić information content (AvgIpc) is 2.62. The highest BCUT2D eigenvalue weighted by molar-refractivity contribution is 7.86. The maximum atomic E-state index is 12.6. The SMILES string of the molecule is CCN(CC)S(=O)(=O)N1CCN(C(=O)N2CCCC(C(=O)O)C2)CC1. The van der Waals surface area contributed by atoms with Crippen LogP contribution in [0, 0.1) is 5.92 Å². The third-order valence-corrected chi connectivity index (χ3v) is 7.09. The Hall–Kier alpha value is -1.39. The fourth-order valence-electron chi connectivity index (χ4n) is 3.38. The lowest BCUT2D eigenvalue weighted by Gasteiger charge is -2.40. The number of carbonyl (C=O) groups excluding carboxylic acids is 1. The van der Waals surface area contributed by atoms with Gasteiger partial charge in [0, 0.05) is 52.4 Å². The Balaban J connectivity index is 1.93. The van der Waals surface area contributed by atoms with Crippen LogP contribution in [-0.2, 0) is 15.0 Å². The van der Waals surface area contributed by atoms with Crippen molar-refractivity contribution in [1.82, 2.24) is 18.4 Å². The van der Waals surface area contributed by atoms with Crippen LogP contribution in [-0.4, -0.2) is 96.3 Å². The van der Waals surface area contributed by atoms with Gasteiger partial charge >= 0.3 is 12.0 Å². The van der Waals surface area contributed by atoms with Gasteiger partial charge < -0.3 is 14.9 Å². The minimum atomic E-state index is -3.48. The smallest absolute Gasteiger partial charge is 0.320 e. The van der Waals surface area contributed by atoms with Crippen LogP contribution in [0.3, 0.4) is 0 Å². The molecule has 1 unspecified atom stereocenters. The molecule has 2 fully saturated rings. The number of nitrogens with zero attached hydrogens (tertiary/aromatic N) is 4. The highest BCUT2D eigenvalue weighted by Crippen LogP contribution is 2.19. The van der Waals surface area contributed by atoms with Gasteiger partial charge in [-0.2, -0.15) is 17.0 Å². The average molecular weight is 376 g/mol. The molecule has 0 saturated carbocycles. The van der Waals surface area contributed by atoms with Crippen molar-refractivity contribution in [2.45, 2.75) is 26.7 Å². The molecule has 25 heavy (non-hydrogen) atoms. The maximum Gasteiger partial charge on any atom is 0.320 e. The van der Waals surface area contributed by atoms with Crippen LogP contribution in [0.25, 0.3) is 0 Å². The van der Waals surface area contributed by atoms with E-state index in [1.165, 1.54) is 8.61 Å². The summed E-state index contributed by atoms with van der Waals surface area (Å²) in [6, 6.07) is -0.189. The van der Waals surface area contributed by atoms with Crippen molar-refractivity contribution in [3.8, 4) is 0 Å². The van der Waals surface area contributed by atoms with Crippen molar-refractivity contribution in [3.05, 3.63) is 0 Å². The zero-order chi connectivity index (χ0) is 18.6. The van der Waals surface area contributed by atoms with Gasteiger partial charge in [0.25, 0.3) is 10.2 Å². The third kappa shape index (κ3) is 4.42. The van der Waals surface area contributed by atoms with E-state index in [0.717, 1.165) is 0 Å². The van der Waals surface area contributed by atoms with Gasteiger partial charge in [0.1, 0.15) is 0 Å². The number of aliphatic carboxylic acids is 1. The topological polar surface area (TPSA) is 101 Å². The quantitative estimate of drug-likeness (QED) is 0.734. The number of hydrogen-bond donors (Lipinski definition) is 1. The van der Waals surface area contributed by atoms with Crippen LogP contribution < -0.4 is 0 Å².